The first-order valence-corrected chi connectivity index (χ1v) is 11.4. The third kappa shape index (κ3) is 4.89. The molecule has 2 heterocycles. The molecule has 0 spiro atoms. The minimum atomic E-state index is -0.577. The van der Waals surface area contributed by atoms with E-state index in [9.17, 15) is 9.59 Å². The van der Waals surface area contributed by atoms with Crippen LogP contribution in [0.4, 0.5) is 0 Å². The van der Waals surface area contributed by atoms with E-state index < -0.39 is 5.41 Å². The third-order valence-corrected chi connectivity index (χ3v) is 6.55. The lowest BCUT2D eigenvalue weighted by molar-refractivity contribution is -0.135. The van der Waals surface area contributed by atoms with E-state index in [1.54, 1.807) is 11.3 Å². The lowest BCUT2D eigenvalue weighted by atomic mass is 9.78. The summed E-state index contributed by atoms with van der Waals surface area (Å²) in [6.07, 6.45) is 1.35. The first-order valence-electron chi connectivity index (χ1n) is 10.5. The van der Waals surface area contributed by atoms with Crippen LogP contribution in [0.5, 0.6) is 0 Å². The SMILES string of the molecule is CC(C)CNC(=O)[C@@]1(Cc2ccccc2-c2cccs2)CCN(C(=O)C(C)C)C1. The Labute approximate surface area is 178 Å². The van der Waals surface area contributed by atoms with E-state index in [2.05, 4.69) is 48.8 Å². The molecule has 0 unspecified atom stereocenters. The number of carbonyl (C=O) groups excluding carboxylic acids is 2. The lowest BCUT2D eigenvalue weighted by Gasteiger charge is -2.30. The molecule has 0 bridgehead atoms. The molecule has 2 amide bonds. The summed E-state index contributed by atoms with van der Waals surface area (Å²) in [5, 5.41) is 5.23. The van der Waals surface area contributed by atoms with Crippen molar-refractivity contribution in [2.45, 2.75) is 40.5 Å². The lowest BCUT2D eigenvalue weighted by Crippen LogP contribution is -2.46. The summed E-state index contributed by atoms with van der Waals surface area (Å²) in [7, 11) is 0. The number of amides is 2. The molecule has 1 fully saturated rings. The van der Waals surface area contributed by atoms with Crippen molar-refractivity contribution in [1.82, 2.24) is 10.2 Å². The maximum Gasteiger partial charge on any atom is 0.228 e. The second kappa shape index (κ2) is 9.12. The van der Waals surface area contributed by atoms with Crippen LogP contribution in [-0.2, 0) is 16.0 Å². The Morgan fingerprint density at radius 2 is 1.90 bits per heavy atom. The first-order chi connectivity index (χ1) is 13.8. The maximum absolute atomic E-state index is 13.4. The van der Waals surface area contributed by atoms with Crippen molar-refractivity contribution in [2.24, 2.45) is 17.3 Å². The summed E-state index contributed by atoms with van der Waals surface area (Å²) in [5.41, 5.74) is 1.79. The molecule has 1 atom stereocenters. The fraction of sp³-hybridized carbons (Fsp3) is 0.500. The highest BCUT2D eigenvalue weighted by atomic mass is 32.1. The van der Waals surface area contributed by atoms with Crippen LogP contribution in [0.1, 0.15) is 39.7 Å². The smallest absolute Gasteiger partial charge is 0.228 e. The van der Waals surface area contributed by atoms with Crippen molar-refractivity contribution >= 4 is 23.2 Å². The third-order valence-electron chi connectivity index (χ3n) is 5.64. The van der Waals surface area contributed by atoms with Crippen LogP contribution in [0.15, 0.2) is 41.8 Å². The van der Waals surface area contributed by atoms with Gasteiger partial charge in [0.05, 0.1) is 5.41 Å². The Hall–Kier alpha value is -2.14. The van der Waals surface area contributed by atoms with Gasteiger partial charge in [0.1, 0.15) is 0 Å². The number of nitrogens with zero attached hydrogens (tertiary/aromatic N) is 1. The maximum atomic E-state index is 13.4. The average Bonchev–Trinajstić information content (AvgIpc) is 3.37. The Morgan fingerprint density at radius 3 is 2.55 bits per heavy atom. The van der Waals surface area contributed by atoms with E-state index >= 15 is 0 Å². The summed E-state index contributed by atoms with van der Waals surface area (Å²) in [4.78, 5) is 29.1. The predicted octanol–water partition coefficient (Wildman–Crippen LogP) is 4.60. The summed E-state index contributed by atoms with van der Waals surface area (Å²) in [6.45, 7) is 9.84. The normalized spacial score (nSPS) is 19.2. The van der Waals surface area contributed by atoms with Crippen molar-refractivity contribution in [2.75, 3.05) is 19.6 Å². The van der Waals surface area contributed by atoms with E-state index in [0.717, 1.165) is 0 Å². The molecular formula is C24H32N2O2S. The van der Waals surface area contributed by atoms with Gasteiger partial charge in [0.25, 0.3) is 0 Å². The second-order valence-corrected chi connectivity index (χ2v) is 9.81. The molecule has 5 heteroatoms. The highest BCUT2D eigenvalue weighted by Gasteiger charge is 2.46. The molecule has 4 nitrogen and oxygen atoms in total. The van der Waals surface area contributed by atoms with Crippen molar-refractivity contribution in [3.63, 3.8) is 0 Å². The number of hydrogen-bond acceptors (Lipinski definition) is 3. The van der Waals surface area contributed by atoms with Crippen LogP contribution in [0.2, 0.25) is 0 Å². The fourth-order valence-electron chi connectivity index (χ4n) is 4.03. The summed E-state index contributed by atoms with van der Waals surface area (Å²) in [5.74, 6) is 0.549. The standard InChI is InChI=1S/C24H32N2O2S/c1-17(2)15-25-23(28)24(11-12-26(16-24)22(27)18(3)4)14-19-8-5-6-9-20(19)21-10-7-13-29-21/h5-10,13,17-18H,11-12,14-16H2,1-4H3,(H,25,28)/t24-/m1/s1. The molecule has 0 saturated carbocycles. The van der Waals surface area contributed by atoms with Crippen molar-refractivity contribution in [3.8, 4) is 10.4 Å². The van der Waals surface area contributed by atoms with Crippen molar-refractivity contribution in [1.29, 1.82) is 0 Å². The number of benzene rings is 1. The Kier molecular flexibility index (Phi) is 6.78. The van der Waals surface area contributed by atoms with E-state index in [1.807, 2.05) is 30.9 Å². The fourth-order valence-corrected chi connectivity index (χ4v) is 4.82. The van der Waals surface area contributed by atoms with Gasteiger partial charge in [-0.2, -0.15) is 0 Å². The van der Waals surface area contributed by atoms with Gasteiger partial charge in [-0.1, -0.05) is 58.0 Å². The quantitative estimate of drug-likeness (QED) is 0.722. The number of thiophene rings is 1. The molecule has 1 aromatic carbocycles. The number of rotatable bonds is 7. The Bertz CT molecular complexity index is 844. The first kappa shape index (κ1) is 21.6. The molecule has 1 aliphatic heterocycles. The average molecular weight is 413 g/mol. The van der Waals surface area contributed by atoms with Crippen LogP contribution in [0.25, 0.3) is 10.4 Å². The highest BCUT2D eigenvalue weighted by Crippen LogP contribution is 2.38. The van der Waals surface area contributed by atoms with E-state index in [0.29, 0.717) is 38.4 Å². The van der Waals surface area contributed by atoms with Crippen LogP contribution in [-0.4, -0.2) is 36.3 Å². The molecule has 2 aromatic rings. The van der Waals surface area contributed by atoms with Crippen LogP contribution in [0, 0.1) is 17.3 Å². The molecule has 1 aliphatic rings. The molecule has 1 saturated heterocycles. The zero-order valence-electron chi connectivity index (χ0n) is 17.9. The number of likely N-dealkylation sites (tertiary alicyclic amines) is 1. The van der Waals surface area contributed by atoms with E-state index in [-0.39, 0.29) is 17.7 Å². The minimum Gasteiger partial charge on any atom is -0.355 e. The van der Waals surface area contributed by atoms with Crippen LogP contribution >= 0.6 is 11.3 Å². The van der Waals surface area contributed by atoms with E-state index in [1.165, 1.54) is 16.0 Å². The number of carbonyl (C=O) groups is 2. The number of nitrogens with one attached hydrogen (secondary N) is 1. The molecule has 29 heavy (non-hydrogen) atoms. The topological polar surface area (TPSA) is 49.4 Å². The molecule has 0 aliphatic carbocycles. The molecule has 1 N–H and O–H groups in total. The molecular weight excluding hydrogens is 380 g/mol. The summed E-state index contributed by atoms with van der Waals surface area (Å²) in [6, 6.07) is 12.5. The van der Waals surface area contributed by atoms with Gasteiger partial charge in [-0.15, -0.1) is 11.3 Å². The zero-order valence-corrected chi connectivity index (χ0v) is 18.7. The van der Waals surface area contributed by atoms with Gasteiger partial charge in [-0.05, 0) is 41.3 Å². The monoisotopic (exact) mass is 412 g/mol. The Balaban J connectivity index is 1.91. The van der Waals surface area contributed by atoms with Gasteiger partial charge in [-0.3, -0.25) is 9.59 Å². The molecule has 156 valence electrons. The minimum absolute atomic E-state index is 0.0528. The second-order valence-electron chi connectivity index (χ2n) is 8.86. The van der Waals surface area contributed by atoms with Gasteiger partial charge < -0.3 is 10.2 Å². The van der Waals surface area contributed by atoms with Gasteiger partial charge in [0, 0.05) is 30.4 Å². The highest BCUT2D eigenvalue weighted by molar-refractivity contribution is 7.13. The van der Waals surface area contributed by atoms with Crippen LogP contribution in [0.3, 0.4) is 0 Å². The van der Waals surface area contributed by atoms with Gasteiger partial charge in [-0.25, -0.2) is 0 Å². The van der Waals surface area contributed by atoms with Crippen LogP contribution < -0.4 is 5.32 Å². The van der Waals surface area contributed by atoms with Gasteiger partial charge >= 0.3 is 0 Å². The van der Waals surface area contributed by atoms with Crippen molar-refractivity contribution in [3.05, 3.63) is 47.3 Å². The largest absolute Gasteiger partial charge is 0.355 e. The van der Waals surface area contributed by atoms with Gasteiger partial charge in [0.2, 0.25) is 11.8 Å². The predicted molar refractivity (Wildman–Crippen MR) is 120 cm³/mol. The zero-order chi connectivity index (χ0) is 21.0. The van der Waals surface area contributed by atoms with Crippen molar-refractivity contribution < 1.29 is 9.59 Å². The summed E-state index contributed by atoms with van der Waals surface area (Å²) < 4.78 is 0. The van der Waals surface area contributed by atoms with E-state index in [4.69, 9.17) is 0 Å². The molecule has 1 aromatic heterocycles. The molecule has 3 rings (SSSR count). The van der Waals surface area contributed by atoms with Gasteiger partial charge in [0.15, 0.2) is 0 Å². The number of hydrogen-bond donors (Lipinski definition) is 1. The molecule has 0 radical (unpaired) electrons. The summed E-state index contributed by atoms with van der Waals surface area (Å²) >= 11 is 1.71. The Morgan fingerprint density at radius 1 is 1.14 bits per heavy atom.